The van der Waals surface area contributed by atoms with Crippen molar-refractivity contribution < 1.29 is 14.6 Å². The Morgan fingerprint density at radius 3 is 2.58 bits per heavy atom. The molecule has 0 saturated carbocycles. The van der Waals surface area contributed by atoms with Gasteiger partial charge in [-0.05, 0) is 37.1 Å². The maximum atomic E-state index is 11.0. The summed E-state index contributed by atoms with van der Waals surface area (Å²) in [6.45, 7) is 3.91. The number of aromatic carboxylic acids is 1. The van der Waals surface area contributed by atoms with Gasteiger partial charge in [0.25, 0.3) is 0 Å². The number of hydrogen-bond donors (Lipinski definition) is 1. The number of carboxylic acid groups (broad SMARTS) is 1. The Kier molecular flexibility index (Phi) is 3.46. The minimum atomic E-state index is -1.08. The van der Waals surface area contributed by atoms with Crippen LogP contribution < -0.4 is 4.74 Å². The molecule has 0 aliphatic rings. The first-order chi connectivity index (χ1) is 9.02. The summed E-state index contributed by atoms with van der Waals surface area (Å²) in [4.78, 5) is 18.8. The second-order valence-corrected chi connectivity index (χ2v) is 4.26. The average Bonchev–Trinajstić information content (AvgIpc) is 2.38. The van der Waals surface area contributed by atoms with E-state index in [0.717, 1.165) is 16.7 Å². The summed E-state index contributed by atoms with van der Waals surface area (Å²) in [6, 6.07) is 5.36. The van der Waals surface area contributed by atoms with Crippen LogP contribution in [0.4, 0.5) is 0 Å². The van der Waals surface area contributed by atoms with E-state index in [0.29, 0.717) is 11.4 Å². The van der Waals surface area contributed by atoms with Gasteiger partial charge in [0.15, 0.2) is 5.69 Å². The monoisotopic (exact) mass is 258 g/mol. The lowest BCUT2D eigenvalue weighted by Crippen LogP contribution is -2.02. The first-order valence-electron chi connectivity index (χ1n) is 5.74. The molecule has 98 valence electrons. The van der Waals surface area contributed by atoms with Crippen LogP contribution in [0.5, 0.6) is 5.75 Å². The second-order valence-electron chi connectivity index (χ2n) is 4.26. The third-order valence-electron chi connectivity index (χ3n) is 2.79. The summed E-state index contributed by atoms with van der Waals surface area (Å²) >= 11 is 0. The predicted molar refractivity (Wildman–Crippen MR) is 70.5 cm³/mol. The van der Waals surface area contributed by atoms with E-state index in [1.54, 1.807) is 7.11 Å². The topological polar surface area (TPSA) is 72.3 Å². The zero-order valence-electron chi connectivity index (χ0n) is 11.0. The van der Waals surface area contributed by atoms with Gasteiger partial charge < -0.3 is 9.84 Å². The molecule has 0 radical (unpaired) electrons. The molecule has 0 saturated heterocycles. The average molecular weight is 258 g/mol. The van der Waals surface area contributed by atoms with Crippen LogP contribution in [-0.2, 0) is 0 Å². The van der Waals surface area contributed by atoms with E-state index in [2.05, 4.69) is 9.97 Å². The van der Waals surface area contributed by atoms with Crippen LogP contribution in [-0.4, -0.2) is 28.2 Å². The van der Waals surface area contributed by atoms with E-state index >= 15 is 0 Å². The Bertz CT molecular complexity index is 639. The molecular formula is C14H14N2O3. The Hall–Kier alpha value is -2.43. The van der Waals surface area contributed by atoms with Crippen molar-refractivity contribution in [2.45, 2.75) is 13.8 Å². The van der Waals surface area contributed by atoms with E-state index < -0.39 is 5.97 Å². The van der Waals surface area contributed by atoms with Crippen molar-refractivity contribution in [2.24, 2.45) is 0 Å². The molecule has 2 aromatic rings. The van der Waals surface area contributed by atoms with Crippen molar-refractivity contribution in [1.82, 2.24) is 9.97 Å². The quantitative estimate of drug-likeness (QED) is 0.915. The van der Waals surface area contributed by atoms with Gasteiger partial charge in [0.1, 0.15) is 12.1 Å². The zero-order valence-corrected chi connectivity index (χ0v) is 11.0. The van der Waals surface area contributed by atoms with Gasteiger partial charge in [-0.1, -0.05) is 6.07 Å². The Labute approximate surface area is 110 Å². The summed E-state index contributed by atoms with van der Waals surface area (Å²) in [5.74, 6) is -0.382. The fourth-order valence-corrected chi connectivity index (χ4v) is 2.04. The molecule has 1 aromatic carbocycles. The SMILES string of the molecule is COc1c(C)cc(C)cc1-c1cc(C(=O)O)ncn1. The van der Waals surface area contributed by atoms with Crippen LogP contribution in [0.15, 0.2) is 24.5 Å². The van der Waals surface area contributed by atoms with Gasteiger partial charge in [-0.2, -0.15) is 0 Å². The fourth-order valence-electron chi connectivity index (χ4n) is 2.04. The molecule has 1 heterocycles. The van der Waals surface area contributed by atoms with Crippen molar-refractivity contribution in [3.05, 3.63) is 41.3 Å². The van der Waals surface area contributed by atoms with Crippen molar-refractivity contribution in [3.63, 3.8) is 0 Å². The molecule has 2 rings (SSSR count). The van der Waals surface area contributed by atoms with Crippen molar-refractivity contribution in [2.75, 3.05) is 7.11 Å². The summed E-state index contributed by atoms with van der Waals surface area (Å²) in [6.07, 6.45) is 1.25. The summed E-state index contributed by atoms with van der Waals surface area (Å²) in [5.41, 5.74) is 3.31. The normalized spacial score (nSPS) is 10.3. The van der Waals surface area contributed by atoms with Crippen LogP contribution in [0.25, 0.3) is 11.3 Å². The van der Waals surface area contributed by atoms with E-state index in [4.69, 9.17) is 9.84 Å². The highest BCUT2D eigenvalue weighted by Crippen LogP contribution is 2.32. The standard InChI is InChI=1S/C14H14N2O3/c1-8-4-9(2)13(19-3)10(5-8)11-6-12(14(17)18)16-7-15-11/h4-7H,1-3H3,(H,17,18). The number of carbonyl (C=O) groups is 1. The predicted octanol–water partition coefficient (Wildman–Crippen LogP) is 2.47. The lowest BCUT2D eigenvalue weighted by atomic mass is 10.0. The highest BCUT2D eigenvalue weighted by molar-refractivity contribution is 5.87. The maximum absolute atomic E-state index is 11.0. The van der Waals surface area contributed by atoms with E-state index in [1.165, 1.54) is 12.4 Å². The molecule has 0 atom stereocenters. The highest BCUT2D eigenvalue weighted by Gasteiger charge is 2.13. The van der Waals surface area contributed by atoms with Crippen LogP contribution in [0.2, 0.25) is 0 Å². The van der Waals surface area contributed by atoms with Crippen LogP contribution >= 0.6 is 0 Å². The lowest BCUT2D eigenvalue weighted by Gasteiger charge is -2.12. The van der Waals surface area contributed by atoms with E-state index in [1.807, 2.05) is 26.0 Å². The number of aromatic nitrogens is 2. The number of rotatable bonds is 3. The molecule has 0 unspecified atom stereocenters. The summed E-state index contributed by atoms with van der Waals surface area (Å²) in [7, 11) is 1.58. The number of methoxy groups -OCH3 is 1. The molecule has 0 fully saturated rings. The zero-order chi connectivity index (χ0) is 14.0. The van der Waals surface area contributed by atoms with E-state index in [-0.39, 0.29) is 5.69 Å². The molecule has 0 spiro atoms. The smallest absolute Gasteiger partial charge is 0.354 e. The van der Waals surface area contributed by atoms with Crippen molar-refractivity contribution >= 4 is 5.97 Å². The van der Waals surface area contributed by atoms with Crippen LogP contribution in [0, 0.1) is 13.8 Å². The second kappa shape index (κ2) is 5.06. The molecule has 0 aliphatic heterocycles. The third-order valence-corrected chi connectivity index (χ3v) is 2.79. The Balaban J connectivity index is 2.64. The molecule has 5 heteroatoms. The van der Waals surface area contributed by atoms with Crippen molar-refractivity contribution in [1.29, 1.82) is 0 Å². The summed E-state index contributed by atoms with van der Waals surface area (Å²) < 4.78 is 5.38. The fraction of sp³-hybridized carbons (Fsp3) is 0.214. The number of aryl methyl sites for hydroxylation is 2. The van der Waals surface area contributed by atoms with Crippen LogP contribution in [0.3, 0.4) is 0 Å². The van der Waals surface area contributed by atoms with Crippen LogP contribution in [0.1, 0.15) is 21.6 Å². The third kappa shape index (κ3) is 2.54. The first kappa shape index (κ1) is 13.0. The number of hydrogen-bond acceptors (Lipinski definition) is 4. The molecule has 0 aliphatic carbocycles. The first-order valence-corrected chi connectivity index (χ1v) is 5.74. The molecule has 1 N–H and O–H groups in total. The van der Waals surface area contributed by atoms with Gasteiger partial charge in [0.2, 0.25) is 0 Å². The number of carboxylic acids is 1. The largest absolute Gasteiger partial charge is 0.496 e. The minimum Gasteiger partial charge on any atom is -0.496 e. The van der Waals surface area contributed by atoms with Gasteiger partial charge in [-0.25, -0.2) is 14.8 Å². The van der Waals surface area contributed by atoms with Gasteiger partial charge in [0.05, 0.1) is 12.8 Å². The maximum Gasteiger partial charge on any atom is 0.354 e. The highest BCUT2D eigenvalue weighted by atomic mass is 16.5. The summed E-state index contributed by atoms with van der Waals surface area (Å²) in [5, 5.41) is 8.97. The lowest BCUT2D eigenvalue weighted by molar-refractivity contribution is 0.0690. The van der Waals surface area contributed by atoms with E-state index in [9.17, 15) is 4.79 Å². The number of nitrogens with zero attached hydrogens (tertiary/aromatic N) is 2. The van der Waals surface area contributed by atoms with Gasteiger partial charge in [-0.3, -0.25) is 0 Å². The van der Waals surface area contributed by atoms with Gasteiger partial charge in [-0.15, -0.1) is 0 Å². The van der Waals surface area contributed by atoms with Gasteiger partial charge in [0, 0.05) is 5.56 Å². The molecule has 19 heavy (non-hydrogen) atoms. The molecule has 0 amide bonds. The number of benzene rings is 1. The molecular weight excluding hydrogens is 244 g/mol. The molecule has 0 bridgehead atoms. The minimum absolute atomic E-state index is 0.0359. The van der Waals surface area contributed by atoms with Crippen molar-refractivity contribution in [3.8, 4) is 17.0 Å². The number of ether oxygens (including phenoxy) is 1. The Morgan fingerprint density at radius 2 is 1.95 bits per heavy atom. The van der Waals surface area contributed by atoms with Gasteiger partial charge >= 0.3 is 5.97 Å². The Morgan fingerprint density at radius 1 is 1.21 bits per heavy atom. The molecule has 5 nitrogen and oxygen atoms in total. The molecule has 1 aromatic heterocycles.